The highest BCUT2D eigenvalue weighted by atomic mass is 19.4. The van der Waals surface area contributed by atoms with Gasteiger partial charge in [-0.1, -0.05) is 0 Å². The molecule has 1 aliphatic heterocycles. The summed E-state index contributed by atoms with van der Waals surface area (Å²) in [5.41, 5.74) is -2.89. The minimum atomic E-state index is -4.76. The molecule has 1 N–H and O–H groups in total. The summed E-state index contributed by atoms with van der Waals surface area (Å²) in [6.07, 6.45) is -6.34. The van der Waals surface area contributed by atoms with Crippen molar-refractivity contribution in [2.24, 2.45) is 0 Å². The van der Waals surface area contributed by atoms with E-state index in [1.807, 2.05) is 0 Å². The zero-order valence-electron chi connectivity index (χ0n) is 6.02. The van der Waals surface area contributed by atoms with Gasteiger partial charge >= 0.3 is 12.1 Å². The van der Waals surface area contributed by atoms with Crippen LogP contribution in [0.15, 0.2) is 0 Å². The molecule has 3 nitrogen and oxygen atoms in total. The van der Waals surface area contributed by atoms with Crippen molar-refractivity contribution in [1.82, 2.24) is 0 Å². The van der Waals surface area contributed by atoms with Gasteiger partial charge < -0.3 is 9.84 Å². The van der Waals surface area contributed by atoms with Crippen molar-refractivity contribution in [2.75, 3.05) is 6.61 Å². The molecule has 0 unspecified atom stereocenters. The van der Waals surface area contributed by atoms with Crippen LogP contribution in [0, 0.1) is 0 Å². The number of carbonyl (C=O) groups is 1. The van der Waals surface area contributed by atoms with Crippen molar-refractivity contribution < 1.29 is 27.8 Å². The Morgan fingerprint density at radius 3 is 2.42 bits per heavy atom. The van der Waals surface area contributed by atoms with E-state index < -0.39 is 30.6 Å². The fraction of sp³-hybridized carbons (Fsp3) is 0.833. The Hall–Kier alpha value is -0.780. The number of hydrogen-bond acceptors (Lipinski definition) is 3. The molecule has 6 heteroatoms. The van der Waals surface area contributed by atoms with Gasteiger partial charge in [0.05, 0.1) is 13.0 Å². The third kappa shape index (κ3) is 1.52. The summed E-state index contributed by atoms with van der Waals surface area (Å²) in [6, 6.07) is 0. The van der Waals surface area contributed by atoms with Crippen LogP contribution in [0.2, 0.25) is 0 Å². The van der Waals surface area contributed by atoms with Crippen molar-refractivity contribution in [3.63, 3.8) is 0 Å². The normalized spacial score (nSPS) is 31.5. The lowest BCUT2D eigenvalue weighted by Crippen LogP contribution is -2.50. The van der Waals surface area contributed by atoms with Crippen molar-refractivity contribution in [1.29, 1.82) is 0 Å². The Labute approximate surface area is 66.1 Å². The van der Waals surface area contributed by atoms with Crippen LogP contribution in [0.5, 0.6) is 0 Å². The van der Waals surface area contributed by atoms with Crippen molar-refractivity contribution >= 4 is 5.97 Å². The lowest BCUT2D eigenvalue weighted by atomic mass is 9.93. The van der Waals surface area contributed by atoms with Crippen LogP contribution in [0.25, 0.3) is 0 Å². The molecule has 1 rings (SSSR count). The fourth-order valence-corrected chi connectivity index (χ4v) is 0.954. The van der Waals surface area contributed by atoms with Gasteiger partial charge in [0.1, 0.15) is 0 Å². The average molecular weight is 184 g/mol. The van der Waals surface area contributed by atoms with E-state index in [1.165, 1.54) is 0 Å². The average Bonchev–Trinajstić information content (AvgIpc) is 1.83. The van der Waals surface area contributed by atoms with Gasteiger partial charge in [-0.3, -0.25) is 4.79 Å². The highest BCUT2D eigenvalue weighted by Gasteiger charge is 2.56. The largest absolute Gasteiger partial charge is 0.465 e. The SMILES string of the molecule is O=C1C[C@@](O)(C(F)(F)F)CCO1. The van der Waals surface area contributed by atoms with Gasteiger partial charge in [-0.2, -0.15) is 13.2 Å². The molecule has 1 atom stereocenters. The number of aliphatic hydroxyl groups is 1. The van der Waals surface area contributed by atoms with Gasteiger partial charge in [-0.25, -0.2) is 0 Å². The van der Waals surface area contributed by atoms with Crippen LogP contribution in [-0.4, -0.2) is 29.5 Å². The van der Waals surface area contributed by atoms with E-state index in [9.17, 15) is 18.0 Å². The number of hydrogen-bond donors (Lipinski definition) is 1. The first-order valence-corrected chi connectivity index (χ1v) is 3.30. The molecule has 1 heterocycles. The first kappa shape index (κ1) is 9.31. The van der Waals surface area contributed by atoms with E-state index in [0.29, 0.717) is 0 Å². The van der Waals surface area contributed by atoms with Crippen LogP contribution < -0.4 is 0 Å². The van der Waals surface area contributed by atoms with Gasteiger partial charge in [0.25, 0.3) is 0 Å². The third-order valence-electron chi connectivity index (χ3n) is 1.74. The summed E-state index contributed by atoms with van der Waals surface area (Å²) < 4.78 is 40.4. The maximum atomic E-state index is 12.0. The summed E-state index contributed by atoms with van der Waals surface area (Å²) in [5.74, 6) is -1.01. The Balaban J connectivity index is 2.77. The molecule has 0 spiro atoms. The lowest BCUT2D eigenvalue weighted by molar-refractivity contribution is -0.275. The molecule has 1 saturated heterocycles. The zero-order valence-corrected chi connectivity index (χ0v) is 6.02. The standard InChI is InChI=1S/C6H7F3O3/c7-6(8,9)5(11)1-2-12-4(10)3-5/h11H,1-3H2/t5-/m1/s1. The van der Waals surface area contributed by atoms with Crippen LogP contribution in [0.3, 0.4) is 0 Å². The Morgan fingerprint density at radius 1 is 1.50 bits per heavy atom. The van der Waals surface area contributed by atoms with Crippen LogP contribution >= 0.6 is 0 Å². The predicted octanol–water partition coefficient (Wildman–Crippen LogP) is 0.617. The first-order chi connectivity index (χ1) is 5.35. The predicted molar refractivity (Wildman–Crippen MR) is 31.2 cm³/mol. The Kier molecular flexibility index (Phi) is 2.03. The molecule has 0 aromatic rings. The van der Waals surface area contributed by atoms with Crippen LogP contribution in [-0.2, 0) is 9.53 Å². The summed E-state index contributed by atoms with van der Waals surface area (Å²) in [7, 11) is 0. The smallest absolute Gasteiger partial charge is 0.417 e. The van der Waals surface area contributed by atoms with Gasteiger partial charge in [-0.15, -0.1) is 0 Å². The maximum absolute atomic E-state index is 12.0. The molecule has 0 bridgehead atoms. The summed E-state index contributed by atoms with van der Waals surface area (Å²) in [4.78, 5) is 10.4. The number of halogens is 3. The second-order valence-electron chi connectivity index (χ2n) is 2.68. The minimum Gasteiger partial charge on any atom is -0.465 e. The lowest BCUT2D eigenvalue weighted by Gasteiger charge is -2.32. The summed E-state index contributed by atoms with van der Waals surface area (Å²) >= 11 is 0. The first-order valence-electron chi connectivity index (χ1n) is 3.30. The van der Waals surface area contributed by atoms with Crippen molar-refractivity contribution in [3.8, 4) is 0 Å². The third-order valence-corrected chi connectivity index (χ3v) is 1.74. The molecule has 70 valence electrons. The van der Waals surface area contributed by atoms with E-state index in [1.54, 1.807) is 0 Å². The molecule has 12 heavy (non-hydrogen) atoms. The molecule has 0 aliphatic carbocycles. The maximum Gasteiger partial charge on any atom is 0.417 e. The molecule has 0 radical (unpaired) electrons. The topological polar surface area (TPSA) is 46.5 Å². The molecule has 0 amide bonds. The van der Waals surface area contributed by atoms with Gasteiger partial charge in [0, 0.05) is 6.42 Å². The second kappa shape index (κ2) is 2.62. The Bertz CT molecular complexity index is 201. The molecular formula is C6H7F3O3. The molecule has 0 saturated carbocycles. The van der Waals surface area contributed by atoms with Crippen LogP contribution in [0.4, 0.5) is 13.2 Å². The van der Waals surface area contributed by atoms with Gasteiger partial charge in [0.2, 0.25) is 0 Å². The van der Waals surface area contributed by atoms with E-state index in [-0.39, 0.29) is 6.61 Å². The van der Waals surface area contributed by atoms with E-state index in [4.69, 9.17) is 5.11 Å². The van der Waals surface area contributed by atoms with E-state index in [0.717, 1.165) is 0 Å². The number of alkyl halides is 3. The Morgan fingerprint density at radius 2 is 2.08 bits per heavy atom. The van der Waals surface area contributed by atoms with Crippen molar-refractivity contribution in [3.05, 3.63) is 0 Å². The van der Waals surface area contributed by atoms with Gasteiger partial charge in [0.15, 0.2) is 5.60 Å². The zero-order chi connectivity index (χ0) is 9.41. The summed E-state index contributed by atoms with van der Waals surface area (Å²) in [5, 5.41) is 8.95. The fourth-order valence-electron chi connectivity index (χ4n) is 0.954. The van der Waals surface area contributed by atoms with Gasteiger partial charge in [-0.05, 0) is 0 Å². The van der Waals surface area contributed by atoms with Crippen LogP contribution in [0.1, 0.15) is 12.8 Å². The number of carbonyl (C=O) groups excluding carboxylic acids is 1. The molecule has 1 aliphatic rings. The number of ether oxygens (including phenoxy) is 1. The monoisotopic (exact) mass is 184 g/mol. The number of cyclic esters (lactones) is 1. The van der Waals surface area contributed by atoms with Crippen molar-refractivity contribution in [2.45, 2.75) is 24.6 Å². The molecule has 0 aromatic carbocycles. The molecular weight excluding hydrogens is 177 g/mol. The highest BCUT2D eigenvalue weighted by Crippen LogP contribution is 2.37. The van der Waals surface area contributed by atoms with E-state index >= 15 is 0 Å². The molecule has 1 fully saturated rings. The highest BCUT2D eigenvalue weighted by molar-refractivity contribution is 5.71. The number of rotatable bonds is 0. The molecule has 0 aromatic heterocycles. The summed E-state index contributed by atoms with van der Waals surface area (Å²) in [6.45, 7) is -0.380. The minimum absolute atomic E-state index is 0.380. The second-order valence-corrected chi connectivity index (χ2v) is 2.68. The quantitative estimate of drug-likeness (QED) is 0.561. The number of esters is 1. The van der Waals surface area contributed by atoms with E-state index in [2.05, 4.69) is 4.74 Å².